The molecule has 3 rings (SSSR count). The quantitative estimate of drug-likeness (QED) is 0.877. The van der Waals surface area contributed by atoms with Gasteiger partial charge in [0, 0.05) is 38.6 Å². The van der Waals surface area contributed by atoms with Crippen molar-refractivity contribution in [2.45, 2.75) is 26.0 Å². The molecule has 2 heterocycles. The van der Waals surface area contributed by atoms with Gasteiger partial charge in [-0.15, -0.1) is 0 Å². The maximum atomic E-state index is 12.6. The minimum atomic E-state index is -0.539. The monoisotopic (exact) mass is 328 g/mol. The maximum Gasteiger partial charge on any atom is 0.227 e. The number of carbonyl (C=O) groups is 1. The van der Waals surface area contributed by atoms with Gasteiger partial charge in [0.05, 0.1) is 19.1 Å². The fourth-order valence-electron chi connectivity index (χ4n) is 3.10. The molecule has 6 nitrogen and oxygen atoms in total. The Hall–Kier alpha value is -2.18. The molecule has 0 radical (unpaired) electrons. The lowest BCUT2D eigenvalue weighted by atomic mass is 10.1. The highest BCUT2D eigenvalue weighted by atomic mass is 16.3. The molecule has 2 N–H and O–H groups in total. The van der Waals surface area contributed by atoms with Crippen molar-refractivity contribution in [2.24, 2.45) is 0 Å². The minimum absolute atomic E-state index is 0.0724. The summed E-state index contributed by atoms with van der Waals surface area (Å²) in [5, 5.41) is 10.3. The Morgan fingerprint density at radius 2 is 2.17 bits per heavy atom. The van der Waals surface area contributed by atoms with Crippen LogP contribution in [-0.2, 0) is 17.8 Å². The molecule has 1 aliphatic heterocycles. The molecule has 0 aliphatic carbocycles. The van der Waals surface area contributed by atoms with Gasteiger partial charge in [0.2, 0.25) is 5.91 Å². The zero-order valence-electron chi connectivity index (χ0n) is 14.0. The van der Waals surface area contributed by atoms with Crippen LogP contribution in [0.1, 0.15) is 17.0 Å². The number of hydrogen-bond donors (Lipinski definition) is 2. The Labute approximate surface area is 142 Å². The van der Waals surface area contributed by atoms with E-state index in [1.54, 1.807) is 17.3 Å². The topological polar surface area (TPSA) is 72.5 Å². The maximum absolute atomic E-state index is 12.6. The predicted octanol–water partition coefficient (Wildman–Crippen LogP) is 0.966. The summed E-state index contributed by atoms with van der Waals surface area (Å²) < 4.78 is 0. The molecule has 0 unspecified atom stereocenters. The van der Waals surface area contributed by atoms with Gasteiger partial charge in [-0.2, -0.15) is 0 Å². The average molecular weight is 328 g/mol. The second-order valence-corrected chi connectivity index (χ2v) is 6.37. The van der Waals surface area contributed by atoms with E-state index in [1.807, 2.05) is 31.2 Å². The number of aromatic amines is 1. The van der Waals surface area contributed by atoms with Gasteiger partial charge < -0.3 is 15.0 Å². The number of aryl methyl sites for hydroxylation is 1. The van der Waals surface area contributed by atoms with E-state index in [-0.39, 0.29) is 5.91 Å². The number of H-pyrrole nitrogens is 1. The first-order valence-corrected chi connectivity index (χ1v) is 8.33. The van der Waals surface area contributed by atoms with Crippen LogP contribution in [0.25, 0.3) is 0 Å². The molecule has 1 aromatic carbocycles. The van der Waals surface area contributed by atoms with Gasteiger partial charge in [0.15, 0.2) is 0 Å². The Balaban J connectivity index is 1.60. The first-order chi connectivity index (χ1) is 11.6. The van der Waals surface area contributed by atoms with E-state index in [1.165, 1.54) is 0 Å². The summed E-state index contributed by atoms with van der Waals surface area (Å²) in [6.45, 7) is 4.98. The molecule has 0 spiro atoms. The summed E-state index contributed by atoms with van der Waals surface area (Å²) in [7, 11) is 0. The van der Waals surface area contributed by atoms with E-state index in [0.29, 0.717) is 32.6 Å². The lowest BCUT2D eigenvalue weighted by molar-refractivity contribution is -0.131. The van der Waals surface area contributed by atoms with Gasteiger partial charge in [-0.25, -0.2) is 4.98 Å². The van der Waals surface area contributed by atoms with Crippen molar-refractivity contribution >= 4 is 5.91 Å². The van der Waals surface area contributed by atoms with Gasteiger partial charge >= 0.3 is 0 Å². The Bertz CT molecular complexity index is 671. The molecule has 1 fully saturated rings. The number of aromatic nitrogens is 2. The highest BCUT2D eigenvalue weighted by molar-refractivity contribution is 5.79. The van der Waals surface area contributed by atoms with E-state index in [2.05, 4.69) is 14.9 Å². The molecule has 1 aliphatic rings. The van der Waals surface area contributed by atoms with Gasteiger partial charge in [-0.3, -0.25) is 9.69 Å². The molecule has 2 aromatic rings. The van der Waals surface area contributed by atoms with Crippen molar-refractivity contribution in [3.05, 3.63) is 53.6 Å². The number of β-amino-alcohol motifs (C(OH)–C–C–N with tert-alkyl or cyclic N) is 1. The first kappa shape index (κ1) is 16.7. The van der Waals surface area contributed by atoms with Crippen molar-refractivity contribution in [1.82, 2.24) is 19.8 Å². The molecule has 6 heteroatoms. The third-order valence-corrected chi connectivity index (χ3v) is 4.47. The van der Waals surface area contributed by atoms with Crippen molar-refractivity contribution in [1.29, 1.82) is 0 Å². The number of benzene rings is 1. The second-order valence-electron chi connectivity index (χ2n) is 6.37. The summed E-state index contributed by atoms with van der Waals surface area (Å²) in [4.78, 5) is 23.8. The number of imidazole rings is 1. The van der Waals surface area contributed by atoms with E-state index in [0.717, 1.165) is 23.5 Å². The predicted molar refractivity (Wildman–Crippen MR) is 91.3 cm³/mol. The molecule has 1 amide bonds. The lowest BCUT2D eigenvalue weighted by Crippen LogP contribution is -2.38. The number of nitrogens with zero attached hydrogens (tertiary/aromatic N) is 3. The average Bonchev–Trinajstić information content (AvgIpc) is 2.98. The molecular weight excluding hydrogens is 304 g/mol. The van der Waals surface area contributed by atoms with Gasteiger partial charge in [0.1, 0.15) is 5.82 Å². The van der Waals surface area contributed by atoms with Gasteiger partial charge in [0.25, 0.3) is 0 Å². The van der Waals surface area contributed by atoms with E-state index >= 15 is 0 Å². The number of rotatable bonds is 4. The number of nitrogens with one attached hydrogen (secondary N) is 1. The molecule has 128 valence electrons. The van der Waals surface area contributed by atoms with Crippen LogP contribution in [0.15, 0.2) is 36.7 Å². The van der Waals surface area contributed by atoms with Crippen LogP contribution in [0, 0.1) is 6.92 Å². The van der Waals surface area contributed by atoms with Crippen LogP contribution in [0.2, 0.25) is 0 Å². The molecule has 0 saturated carbocycles. The fraction of sp³-hybridized carbons (Fsp3) is 0.444. The Morgan fingerprint density at radius 3 is 2.92 bits per heavy atom. The van der Waals surface area contributed by atoms with Crippen LogP contribution in [-0.4, -0.2) is 63.1 Å². The normalized spacial score (nSPS) is 19.2. The number of carbonyl (C=O) groups excluding carboxylic acids is 1. The minimum Gasteiger partial charge on any atom is -0.390 e. The highest BCUT2D eigenvalue weighted by Gasteiger charge is 2.25. The van der Waals surface area contributed by atoms with Crippen molar-refractivity contribution < 1.29 is 9.90 Å². The van der Waals surface area contributed by atoms with Crippen LogP contribution in [0.4, 0.5) is 0 Å². The SMILES string of the molecule is Cc1ccccc1CC(=O)N1CCN(Cc2ncc[nH]2)C[C@H](O)C1. The number of aliphatic hydroxyl groups is 1. The molecule has 1 aromatic heterocycles. The van der Waals surface area contributed by atoms with Crippen molar-refractivity contribution in [3.8, 4) is 0 Å². The number of amides is 1. The smallest absolute Gasteiger partial charge is 0.227 e. The largest absolute Gasteiger partial charge is 0.390 e. The van der Waals surface area contributed by atoms with Crippen LogP contribution < -0.4 is 0 Å². The van der Waals surface area contributed by atoms with Crippen molar-refractivity contribution in [3.63, 3.8) is 0 Å². The van der Waals surface area contributed by atoms with Crippen LogP contribution in [0.5, 0.6) is 0 Å². The van der Waals surface area contributed by atoms with Crippen LogP contribution >= 0.6 is 0 Å². The summed E-state index contributed by atoms with van der Waals surface area (Å²) in [6.07, 6.45) is 3.36. The Kier molecular flexibility index (Phi) is 5.27. The number of aliphatic hydroxyl groups excluding tert-OH is 1. The second kappa shape index (κ2) is 7.59. The highest BCUT2D eigenvalue weighted by Crippen LogP contribution is 2.12. The van der Waals surface area contributed by atoms with Crippen LogP contribution in [0.3, 0.4) is 0 Å². The zero-order chi connectivity index (χ0) is 16.9. The van der Waals surface area contributed by atoms with E-state index in [9.17, 15) is 9.90 Å². The third-order valence-electron chi connectivity index (χ3n) is 4.47. The first-order valence-electron chi connectivity index (χ1n) is 8.33. The van der Waals surface area contributed by atoms with Gasteiger partial charge in [-0.1, -0.05) is 24.3 Å². The Morgan fingerprint density at radius 1 is 1.33 bits per heavy atom. The van der Waals surface area contributed by atoms with Crippen molar-refractivity contribution in [2.75, 3.05) is 26.2 Å². The van der Waals surface area contributed by atoms with E-state index < -0.39 is 6.10 Å². The molecular formula is C18H24N4O2. The summed E-state index contributed by atoms with van der Waals surface area (Å²) in [5.41, 5.74) is 2.18. The van der Waals surface area contributed by atoms with E-state index in [4.69, 9.17) is 0 Å². The lowest BCUT2D eigenvalue weighted by Gasteiger charge is -2.22. The summed E-state index contributed by atoms with van der Waals surface area (Å²) >= 11 is 0. The number of hydrogen-bond acceptors (Lipinski definition) is 4. The molecule has 1 atom stereocenters. The molecule has 1 saturated heterocycles. The zero-order valence-corrected chi connectivity index (χ0v) is 14.0. The fourth-order valence-corrected chi connectivity index (χ4v) is 3.10. The summed E-state index contributed by atoms with van der Waals surface area (Å²) in [5.74, 6) is 0.949. The standard InChI is InChI=1S/C18H24N4O2/c1-14-4-2-3-5-15(14)10-18(24)22-9-8-21(11-16(23)12-22)13-17-19-6-7-20-17/h2-7,16,23H,8-13H2,1H3,(H,19,20)/t16-/m0/s1. The molecule has 24 heavy (non-hydrogen) atoms. The molecule has 0 bridgehead atoms. The van der Waals surface area contributed by atoms with Gasteiger partial charge in [-0.05, 0) is 18.1 Å². The summed E-state index contributed by atoms with van der Waals surface area (Å²) in [6, 6.07) is 7.94. The third kappa shape index (κ3) is 4.21.